The lowest BCUT2D eigenvalue weighted by Crippen LogP contribution is -2.43. The third kappa shape index (κ3) is 3.07. The molecule has 1 fully saturated rings. The van der Waals surface area contributed by atoms with Gasteiger partial charge in [0.05, 0.1) is 5.56 Å². The molecule has 2 rings (SSSR count). The van der Waals surface area contributed by atoms with Gasteiger partial charge >= 0.3 is 0 Å². The first kappa shape index (κ1) is 14.3. The quantitative estimate of drug-likeness (QED) is 0.645. The zero-order valence-corrected chi connectivity index (χ0v) is 14.2. The molecule has 4 heteroatoms. The summed E-state index contributed by atoms with van der Waals surface area (Å²) < 4.78 is 2.00. The van der Waals surface area contributed by atoms with E-state index in [0.717, 1.165) is 39.4 Å². The van der Waals surface area contributed by atoms with Crippen molar-refractivity contribution in [2.45, 2.75) is 38.6 Å². The molecule has 0 N–H and O–H groups in total. The number of likely N-dealkylation sites (tertiary alicyclic amines) is 1. The van der Waals surface area contributed by atoms with Crippen molar-refractivity contribution in [3.63, 3.8) is 0 Å². The molecule has 1 heterocycles. The Bertz CT molecular complexity index is 449. The van der Waals surface area contributed by atoms with E-state index in [1.807, 2.05) is 18.2 Å². The van der Waals surface area contributed by atoms with Crippen LogP contribution in [0.5, 0.6) is 0 Å². The van der Waals surface area contributed by atoms with Crippen LogP contribution in [0.2, 0.25) is 0 Å². The molecule has 0 spiro atoms. The minimum absolute atomic E-state index is 0.173. The van der Waals surface area contributed by atoms with E-state index in [2.05, 4.69) is 50.3 Å². The first-order valence-electron chi connectivity index (χ1n) is 6.39. The van der Waals surface area contributed by atoms with Crippen molar-refractivity contribution in [3.05, 3.63) is 31.8 Å². The van der Waals surface area contributed by atoms with Crippen LogP contribution in [0.25, 0.3) is 0 Å². The van der Waals surface area contributed by atoms with E-state index in [0.29, 0.717) is 6.04 Å². The lowest BCUT2D eigenvalue weighted by molar-refractivity contribution is 0.0607. The number of hydrogen-bond donors (Lipinski definition) is 0. The van der Waals surface area contributed by atoms with E-state index in [9.17, 15) is 4.79 Å². The highest BCUT2D eigenvalue weighted by atomic mass is 127. The Morgan fingerprint density at radius 1 is 1.50 bits per heavy atom. The summed E-state index contributed by atoms with van der Waals surface area (Å²) in [6.45, 7) is 3.06. The van der Waals surface area contributed by atoms with Crippen LogP contribution < -0.4 is 0 Å². The van der Waals surface area contributed by atoms with Gasteiger partial charge < -0.3 is 4.90 Å². The summed E-state index contributed by atoms with van der Waals surface area (Å²) in [5.41, 5.74) is 0.794. The van der Waals surface area contributed by atoms with Crippen molar-refractivity contribution in [3.8, 4) is 0 Å². The molecule has 1 aliphatic heterocycles. The van der Waals surface area contributed by atoms with Gasteiger partial charge in [0.2, 0.25) is 0 Å². The largest absolute Gasteiger partial charge is 0.336 e. The van der Waals surface area contributed by atoms with Crippen LogP contribution in [0.15, 0.2) is 22.7 Å². The predicted octanol–water partition coefficient (Wildman–Crippen LogP) is 4.46. The number of carbonyl (C=O) groups is 1. The maximum atomic E-state index is 12.6. The van der Waals surface area contributed by atoms with Crippen molar-refractivity contribution in [1.82, 2.24) is 4.90 Å². The Kier molecular flexibility index (Phi) is 5.06. The molecule has 1 aromatic rings. The molecular weight excluding hydrogens is 405 g/mol. The molecular formula is C14H17BrINO. The predicted molar refractivity (Wildman–Crippen MR) is 85.8 cm³/mol. The van der Waals surface area contributed by atoms with Gasteiger partial charge in [-0.3, -0.25) is 4.79 Å². The average Bonchev–Trinajstić information content (AvgIpc) is 2.40. The number of amides is 1. The summed E-state index contributed by atoms with van der Waals surface area (Å²) in [6.07, 6.45) is 4.57. The molecule has 1 unspecified atom stereocenters. The van der Waals surface area contributed by atoms with Crippen molar-refractivity contribution >= 4 is 44.4 Å². The van der Waals surface area contributed by atoms with E-state index < -0.39 is 0 Å². The van der Waals surface area contributed by atoms with Gasteiger partial charge in [-0.15, -0.1) is 0 Å². The highest BCUT2D eigenvalue weighted by Gasteiger charge is 2.27. The minimum atomic E-state index is 0.173. The number of benzene rings is 1. The number of halogens is 2. The standard InChI is InChI=1S/C14H17BrINO/c1-2-11-5-3-4-8-17(11)14(18)12-9-10(16)6-7-13(12)15/h6-7,9,11H,2-5,8H2,1H3. The van der Waals surface area contributed by atoms with Crippen molar-refractivity contribution in [2.24, 2.45) is 0 Å². The first-order valence-corrected chi connectivity index (χ1v) is 8.26. The second-order valence-electron chi connectivity index (χ2n) is 4.68. The van der Waals surface area contributed by atoms with Gasteiger partial charge in [0.1, 0.15) is 0 Å². The van der Waals surface area contributed by atoms with Gasteiger partial charge in [-0.25, -0.2) is 0 Å². The van der Waals surface area contributed by atoms with Crippen molar-refractivity contribution in [2.75, 3.05) is 6.54 Å². The van der Waals surface area contributed by atoms with Crippen LogP contribution in [0.1, 0.15) is 43.0 Å². The topological polar surface area (TPSA) is 20.3 Å². The van der Waals surface area contributed by atoms with Gasteiger partial charge in [-0.1, -0.05) is 6.92 Å². The number of carbonyl (C=O) groups excluding carboxylic acids is 1. The second-order valence-corrected chi connectivity index (χ2v) is 6.78. The zero-order chi connectivity index (χ0) is 13.1. The molecule has 1 amide bonds. The normalized spacial score (nSPS) is 19.9. The molecule has 0 aliphatic carbocycles. The van der Waals surface area contributed by atoms with E-state index in [-0.39, 0.29) is 5.91 Å². The third-order valence-corrected chi connectivity index (χ3v) is 4.88. The first-order chi connectivity index (χ1) is 8.63. The molecule has 18 heavy (non-hydrogen) atoms. The molecule has 0 bridgehead atoms. The summed E-state index contributed by atoms with van der Waals surface area (Å²) >= 11 is 5.74. The van der Waals surface area contributed by atoms with Gasteiger partial charge in [0.15, 0.2) is 0 Å². The van der Waals surface area contributed by atoms with Gasteiger partial charge in [0, 0.05) is 20.6 Å². The second kappa shape index (κ2) is 6.37. The minimum Gasteiger partial charge on any atom is -0.336 e. The van der Waals surface area contributed by atoms with Crippen LogP contribution in [-0.4, -0.2) is 23.4 Å². The number of rotatable bonds is 2. The fraction of sp³-hybridized carbons (Fsp3) is 0.500. The van der Waals surface area contributed by atoms with E-state index in [4.69, 9.17) is 0 Å². The number of nitrogens with zero attached hydrogens (tertiary/aromatic N) is 1. The highest BCUT2D eigenvalue weighted by Crippen LogP contribution is 2.26. The van der Waals surface area contributed by atoms with E-state index >= 15 is 0 Å². The molecule has 98 valence electrons. The van der Waals surface area contributed by atoms with Crippen LogP contribution in [0, 0.1) is 3.57 Å². The Labute approximate surface area is 130 Å². The van der Waals surface area contributed by atoms with E-state index in [1.165, 1.54) is 6.42 Å². The van der Waals surface area contributed by atoms with Gasteiger partial charge in [0.25, 0.3) is 5.91 Å². The van der Waals surface area contributed by atoms with E-state index in [1.54, 1.807) is 0 Å². The SMILES string of the molecule is CCC1CCCCN1C(=O)c1cc(I)ccc1Br. The number of hydrogen-bond acceptors (Lipinski definition) is 1. The van der Waals surface area contributed by atoms with Crippen molar-refractivity contribution < 1.29 is 4.79 Å². The fourth-order valence-corrected chi connectivity index (χ4v) is 3.42. The van der Waals surface area contributed by atoms with Crippen LogP contribution in [-0.2, 0) is 0 Å². The Morgan fingerprint density at radius 2 is 2.28 bits per heavy atom. The van der Waals surface area contributed by atoms with Crippen LogP contribution in [0.3, 0.4) is 0 Å². The summed E-state index contributed by atoms with van der Waals surface area (Å²) in [5.74, 6) is 0.173. The maximum absolute atomic E-state index is 12.6. The number of piperidine rings is 1. The lowest BCUT2D eigenvalue weighted by atomic mass is 9.99. The fourth-order valence-electron chi connectivity index (χ4n) is 2.51. The molecule has 0 saturated carbocycles. The smallest absolute Gasteiger partial charge is 0.255 e. The van der Waals surface area contributed by atoms with Gasteiger partial charge in [-0.2, -0.15) is 0 Å². The summed E-state index contributed by atoms with van der Waals surface area (Å²) in [6, 6.07) is 6.35. The lowest BCUT2D eigenvalue weighted by Gasteiger charge is -2.35. The molecule has 0 aromatic heterocycles. The molecule has 1 aromatic carbocycles. The third-order valence-electron chi connectivity index (χ3n) is 3.52. The van der Waals surface area contributed by atoms with Gasteiger partial charge in [-0.05, 0) is 82.4 Å². The van der Waals surface area contributed by atoms with Crippen LogP contribution in [0.4, 0.5) is 0 Å². The van der Waals surface area contributed by atoms with Crippen molar-refractivity contribution in [1.29, 1.82) is 0 Å². The Balaban J connectivity index is 2.26. The summed E-state index contributed by atoms with van der Waals surface area (Å²) in [7, 11) is 0. The highest BCUT2D eigenvalue weighted by molar-refractivity contribution is 14.1. The van der Waals surface area contributed by atoms with Crippen LogP contribution >= 0.6 is 38.5 Å². The Hall–Kier alpha value is -0.100. The monoisotopic (exact) mass is 421 g/mol. The Morgan fingerprint density at radius 3 is 3.00 bits per heavy atom. The maximum Gasteiger partial charge on any atom is 0.255 e. The average molecular weight is 422 g/mol. The molecule has 1 aliphatic rings. The molecule has 0 radical (unpaired) electrons. The molecule has 1 atom stereocenters. The summed E-state index contributed by atoms with van der Waals surface area (Å²) in [5, 5.41) is 0. The molecule has 2 nitrogen and oxygen atoms in total. The zero-order valence-electron chi connectivity index (χ0n) is 10.5. The molecule has 1 saturated heterocycles. The summed E-state index contributed by atoms with van der Waals surface area (Å²) in [4.78, 5) is 14.7.